The molecule has 0 saturated carbocycles. The number of benzene rings is 1. The summed E-state index contributed by atoms with van der Waals surface area (Å²) in [5, 5.41) is 46.7. The quantitative estimate of drug-likeness (QED) is 0.0930. The molecule has 2 fully saturated rings. The van der Waals surface area contributed by atoms with Crippen LogP contribution in [0.4, 0.5) is 0 Å². The van der Waals surface area contributed by atoms with Crippen molar-refractivity contribution in [2.75, 3.05) is 6.61 Å². The van der Waals surface area contributed by atoms with Crippen LogP contribution in [0.1, 0.15) is 61.9 Å². The minimum Gasteiger partial charge on any atom is -0.507 e. The van der Waals surface area contributed by atoms with E-state index in [1.807, 2.05) is 13.0 Å². The standard InChI is InChI=1S/C33H44N2O11/c1-3-4-5-6-12-27(39)34-13-8-10-21-15-23-17-24(45-33-29(35-19(2)37)31(41)30(40)26(18-36)46-33)16-22(43-23)14-20-9-7-11-25(38)28(20)32(42)44-21/h4-9,11-13,21-24,26,29-31,33,36,38,40-41H,3,10,14-18H2,1-2H3,(H,34,39)(H,35,37)/b5-4-,12-6-,13-8+/t21-,22+,23+,24-,26-,29-,30-,31-,33-/m1/s1/i1+1. The second-order valence-corrected chi connectivity index (χ2v) is 11.7. The van der Waals surface area contributed by atoms with Gasteiger partial charge in [0.15, 0.2) is 6.29 Å². The third-order valence-corrected chi connectivity index (χ3v) is 8.07. The second-order valence-electron chi connectivity index (χ2n) is 11.7. The van der Waals surface area contributed by atoms with Gasteiger partial charge in [-0.2, -0.15) is 0 Å². The van der Waals surface area contributed by atoms with Crippen molar-refractivity contribution in [2.45, 2.75) is 107 Å². The third-order valence-electron chi connectivity index (χ3n) is 8.07. The molecule has 0 radical (unpaired) electrons. The highest BCUT2D eigenvalue weighted by molar-refractivity contribution is 5.94. The molecule has 0 spiro atoms. The number of ether oxygens (including phenoxy) is 4. The molecule has 46 heavy (non-hydrogen) atoms. The van der Waals surface area contributed by atoms with Gasteiger partial charge in [-0.05, 0) is 24.5 Å². The molecule has 3 aliphatic heterocycles. The van der Waals surface area contributed by atoms with Crippen LogP contribution < -0.4 is 10.6 Å². The molecule has 3 heterocycles. The summed E-state index contributed by atoms with van der Waals surface area (Å²) < 4.78 is 24.4. The van der Waals surface area contributed by atoms with Crippen LogP contribution in [0.5, 0.6) is 5.75 Å². The zero-order valence-corrected chi connectivity index (χ0v) is 26.0. The Hall–Kier alpha value is -3.59. The molecule has 13 heteroatoms. The number of hydrogen-bond donors (Lipinski definition) is 6. The van der Waals surface area contributed by atoms with Crippen LogP contribution in [0.15, 0.2) is 54.8 Å². The average molecular weight is 646 g/mol. The van der Waals surface area contributed by atoms with Gasteiger partial charge in [-0.15, -0.1) is 0 Å². The first-order chi connectivity index (χ1) is 22.1. The van der Waals surface area contributed by atoms with Crippen LogP contribution in [0.2, 0.25) is 0 Å². The number of aliphatic hydroxyl groups excluding tert-OH is 3. The average Bonchev–Trinajstić information content (AvgIpc) is 3.00. The molecule has 1 aromatic carbocycles. The summed E-state index contributed by atoms with van der Waals surface area (Å²) >= 11 is 0. The molecule has 2 bridgehead atoms. The van der Waals surface area contributed by atoms with Gasteiger partial charge in [0.2, 0.25) is 11.8 Å². The number of esters is 1. The van der Waals surface area contributed by atoms with Gasteiger partial charge in [-0.1, -0.05) is 43.4 Å². The van der Waals surface area contributed by atoms with Crippen molar-refractivity contribution in [3.63, 3.8) is 0 Å². The number of nitrogens with one attached hydrogen (secondary N) is 2. The van der Waals surface area contributed by atoms with Crippen molar-refractivity contribution in [1.82, 2.24) is 10.6 Å². The van der Waals surface area contributed by atoms with Crippen LogP contribution in [-0.4, -0.2) is 99.9 Å². The van der Waals surface area contributed by atoms with E-state index in [0.717, 1.165) is 6.42 Å². The highest BCUT2D eigenvalue weighted by atomic mass is 16.7. The Balaban J connectivity index is 1.53. The number of carbonyl (C=O) groups excluding carboxylic acids is 3. The normalized spacial score (nSPS) is 31.8. The SMILES string of the molecule is CC(=O)N[C@H]1[C@H](O[C@@H]2C[C@@H]3Cc4cccc(O)c4C(=O)O[C@H](C/C=C/NC(=O)/C=C\C=C/C[13CH3])C[C@@H](C2)O3)O[C@H](CO)[C@@H](O)[C@@H]1O. The lowest BCUT2D eigenvalue weighted by Gasteiger charge is -2.45. The fourth-order valence-corrected chi connectivity index (χ4v) is 5.94. The monoisotopic (exact) mass is 645 g/mol. The Morgan fingerprint density at radius 2 is 1.85 bits per heavy atom. The molecule has 9 atom stereocenters. The zero-order chi connectivity index (χ0) is 33.2. The fourth-order valence-electron chi connectivity index (χ4n) is 5.94. The molecule has 0 aromatic heterocycles. The van der Waals surface area contributed by atoms with Crippen molar-refractivity contribution in [1.29, 1.82) is 0 Å². The van der Waals surface area contributed by atoms with Gasteiger partial charge in [0, 0.05) is 44.9 Å². The molecular weight excluding hydrogens is 601 g/mol. The summed E-state index contributed by atoms with van der Waals surface area (Å²) in [6.07, 6.45) is 4.94. The number of amides is 2. The maximum absolute atomic E-state index is 13.3. The first-order valence-corrected chi connectivity index (χ1v) is 15.6. The topological polar surface area (TPSA) is 193 Å². The molecule has 4 rings (SSSR count). The Kier molecular flexibility index (Phi) is 12.9. The lowest BCUT2D eigenvalue weighted by atomic mass is 9.90. The minimum atomic E-state index is -1.45. The van der Waals surface area contributed by atoms with Gasteiger partial charge in [0.1, 0.15) is 41.8 Å². The fraction of sp³-hybridized carbons (Fsp3) is 0.545. The molecule has 0 unspecified atom stereocenters. The van der Waals surface area contributed by atoms with Crippen molar-refractivity contribution in [3.8, 4) is 5.75 Å². The van der Waals surface area contributed by atoms with E-state index in [-0.39, 0.29) is 36.5 Å². The zero-order valence-electron chi connectivity index (χ0n) is 26.0. The predicted octanol–water partition coefficient (Wildman–Crippen LogP) is 1.28. The largest absolute Gasteiger partial charge is 0.507 e. The number of carbonyl (C=O) groups is 3. The number of phenolic OH excluding ortho intramolecular Hbond substituents is 1. The lowest BCUT2D eigenvalue weighted by molar-refractivity contribution is -0.291. The summed E-state index contributed by atoms with van der Waals surface area (Å²) in [5.74, 6) is -1.66. The van der Waals surface area contributed by atoms with E-state index < -0.39 is 73.5 Å². The molecule has 252 valence electrons. The van der Waals surface area contributed by atoms with E-state index in [0.29, 0.717) is 18.4 Å². The number of cyclic esters (lactones) is 1. The minimum absolute atomic E-state index is 0.0457. The third kappa shape index (κ3) is 9.47. The van der Waals surface area contributed by atoms with Crippen LogP contribution in [-0.2, 0) is 35.0 Å². The van der Waals surface area contributed by atoms with Crippen LogP contribution in [0.25, 0.3) is 0 Å². The number of hydrogen-bond acceptors (Lipinski definition) is 11. The Bertz CT molecular complexity index is 1300. The van der Waals surface area contributed by atoms with Gasteiger partial charge in [0.25, 0.3) is 0 Å². The molecule has 3 aliphatic rings. The van der Waals surface area contributed by atoms with E-state index in [2.05, 4.69) is 10.6 Å². The summed E-state index contributed by atoms with van der Waals surface area (Å²) in [6.45, 7) is 2.69. The van der Waals surface area contributed by atoms with E-state index in [4.69, 9.17) is 18.9 Å². The maximum Gasteiger partial charge on any atom is 0.342 e. The van der Waals surface area contributed by atoms with Crippen molar-refractivity contribution in [2.24, 2.45) is 0 Å². The van der Waals surface area contributed by atoms with Gasteiger partial charge < -0.3 is 50.0 Å². The maximum atomic E-state index is 13.3. The number of rotatable bonds is 10. The molecule has 0 aliphatic carbocycles. The van der Waals surface area contributed by atoms with E-state index in [9.17, 15) is 34.8 Å². The molecular formula is C33H44N2O11. The molecule has 2 saturated heterocycles. The van der Waals surface area contributed by atoms with Gasteiger partial charge in [-0.3, -0.25) is 9.59 Å². The van der Waals surface area contributed by atoms with Crippen LogP contribution in [0.3, 0.4) is 0 Å². The molecule has 6 N–H and O–H groups in total. The first kappa shape index (κ1) is 35.3. The molecule has 13 nitrogen and oxygen atoms in total. The second kappa shape index (κ2) is 16.8. The van der Waals surface area contributed by atoms with Gasteiger partial charge in [0.05, 0.1) is 24.9 Å². The van der Waals surface area contributed by atoms with Crippen molar-refractivity contribution < 1.29 is 53.8 Å². The summed E-state index contributed by atoms with van der Waals surface area (Å²) in [6, 6.07) is 3.66. The highest BCUT2D eigenvalue weighted by Crippen LogP contribution is 2.34. The van der Waals surface area contributed by atoms with Crippen LogP contribution in [0, 0.1) is 0 Å². The summed E-state index contributed by atoms with van der Waals surface area (Å²) in [4.78, 5) is 37.3. The van der Waals surface area contributed by atoms with E-state index >= 15 is 0 Å². The van der Waals surface area contributed by atoms with Gasteiger partial charge >= 0.3 is 5.97 Å². The smallest absolute Gasteiger partial charge is 0.342 e. The van der Waals surface area contributed by atoms with Crippen molar-refractivity contribution >= 4 is 17.8 Å². The molecule has 1 aromatic rings. The highest BCUT2D eigenvalue weighted by Gasteiger charge is 2.47. The predicted molar refractivity (Wildman–Crippen MR) is 164 cm³/mol. The summed E-state index contributed by atoms with van der Waals surface area (Å²) in [7, 11) is 0. The summed E-state index contributed by atoms with van der Waals surface area (Å²) in [5.41, 5.74) is 0.579. The first-order valence-electron chi connectivity index (χ1n) is 15.6. The van der Waals surface area contributed by atoms with Gasteiger partial charge in [-0.25, -0.2) is 4.79 Å². The number of allylic oxidation sites excluding steroid dienone is 3. The number of phenols is 1. The lowest BCUT2D eigenvalue weighted by Crippen LogP contribution is -2.65. The van der Waals surface area contributed by atoms with E-state index in [1.54, 1.807) is 30.4 Å². The van der Waals surface area contributed by atoms with Crippen molar-refractivity contribution in [3.05, 3.63) is 65.9 Å². The Morgan fingerprint density at radius 3 is 2.59 bits per heavy atom. The van der Waals surface area contributed by atoms with Crippen LogP contribution >= 0.6 is 0 Å². The number of aromatic hydroxyl groups is 1. The Morgan fingerprint density at radius 1 is 1.07 bits per heavy atom. The number of fused-ring (bicyclic) bond motifs is 3. The number of aliphatic hydroxyl groups is 3. The molecule has 2 amide bonds. The Labute approximate surface area is 267 Å². The van der Waals surface area contributed by atoms with E-state index in [1.165, 1.54) is 25.3 Å².